The van der Waals surface area contributed by atoms with Crippen molar-refractivity contribution in [2.45, 2.75) is 51.6 Å². The van der Waals surface area contributed by atoms with E-state index in [9.17, 15) is 9.59 Å². The number of likely N-dealkylation sites (tertiary alicyclic amines) is 1. The van der Waals surface area contributed by atoms with Gasteiger partial charge in [-0.15, -0.1) is 0 Å². The second kappa shape index (κ2) is 8.87. The van der Waals surface area contributed by atoms with Gasteiger partial charge in [-0.25, -0.2) is 4.79 Å². The summed E-state index contributed by atoms with van der Waals surface area (Å²) >= 11 is 0. The van der Waals surface area contributed by atoms with Gasteiger partial charge in [0.2, 0.25) is 5.91 Å². The van der Waals surface area contributed by atoms with E-state index >= 15 is 0 Å². The van der Waals surface area contributed by atoms with Gasteiger partial charge < -0.3 is 20.4 Å². The summed E-state index contributed by atoms with van der Waals surface area (Å²) in [6.45, 7) is 6.35. The number of amides is 3. The van der Waals surface area contributed by atoms with Crippen molar-refractivity contribution < 1.29 is 9.59 Å². The van der Waals surface area contributed by atoms with Crippen LogP contribution in [0.25, 0.3) is 0 Å². The fourth-order valence-corrected chi connectivity index (χ4v) is 2.40. The smallest absolute Gasteiger partial charge is 0.319 e. The highest BCUT2D eigenvalue weighted by atomic mass is 16.2. The highest BCUT2D eigenvalue weighted by Crippen LogP contribution is 2.11. The Kier molecular flexibility index (Phi) is 7.50. The molecule has 1 fully saturated rings. The lowest BCUT2D eigenvalue weighted by atomic mass is 10.1. The Balaban J connectivity index is 2.16. The van der Waals surface area contributed by atoms with E-state index in [2.05, 4.69) is 17.6 Å². The van der Waals surface area contributed by atoms with Crippen molar-refractivity contribution in [1.82, 2.24) is 20.4 Å². The number of hydrogen-bond acceptors (Lipinski definition) is 3. The fourth-order valence-electron chi connectivity index (χ4n) is 2.40. The standard InChI is InChI=1S/C15H30N4O2/c1-5-12(2)17-14(20)6-9-16-13-7-10-19(11-8-13)15(21)18(3)4/h12-13,16H,5-11H2,1-4H3,(H,17,20). The largest absolute Gasteiger partial charge is 0.354 e. The van der Waals surface area contributed by atoms with Gasteiger partial charge in [0.1, 0.15) is 0 Å². The van der Waals surface area contributed by atoms with Gasteiger partial charge in [-0.3, -0.25) is 4.79 Å². The molecule has 1 aliphatic heterocycles. The number of nitrogens with zero attached hydrogens (tertiary/aromatic N) is 2. The molecule has 122 valence electrons. The van der Waals surface area contributed by atoms with E-state index in [1.54, 1.807) is 19.0 Å². The quantitative estimate of drug-likeness (QED) is 0.770. The molecule has 0 spiro atoms. The van der Waals surface area contributed by atoms with Crippen LogP contribution in [0.15, 0.2) is 0 Å². The van der Waals surface area contributed by atoms with Gasteiger partial charge in [-0.2, -0.15) is 0 Å². The molecule has 0 aromatic carbocycles. The number of urea groups is 1. The van der Waals surface area contributed by atoms with E-state index in [0.717, 1.165) is 32.4 Å². The first-order valence-electron chi connectivity index (χ1n) is 7.93. The van der Waals surface area contributed by atoms with Crippen LogP contribution in [0.5, 0.6) is 0 Å². The maximum absolute atomic E-state index is 11.8. The Morgan fingerprint density at radius 1 is 1.29 bits per heavy atom. The molecule has 21 heavy (non-hydrogen) atoms. The van der Waals surface area contributed by atoms with Crippen molar-refractivity contribution >= 4 is 11.9 Å². The van der Waals surface area contributed by atoms with Crippen LogP contribution in [-0.4, -0.2) is 67.6 Å². The van der Waals surface area contributed by atoms with Gasteiger partial charge >= 0.3 is 6.03 Å². The van der Waals surface area contributed by atoms with Crippen LogP contribution in [-0.2, 0) is 4.79 Å². The third-order valence-corrected chi connectivity index (χ3v) is 3.95. The SMILES string of the molecule is CCC(C)NC(=O)CCNC1CCN(C(=O)N(C)C)CC1. The highest BCUT2D eigenvalue weighted by Gasteiger charge is 2.23. The van der Waals surface area contributed by atoms with Gasteiger partial charge in [-0.1, -0.05) is 6.92 Å². The monoisotopic (exact) mass is 298 g/mol. The number of piperidine rings is 1. The summed E-state index contributed by atoms with van der Waals surface area (Å²) in [5.41, 5.74) is 0. The maximum atomic E-state index is 11.8. The van der Waals surface area contributed by atoms with E-state index < -0.39 is 0 Å². The molecule has 1 unspecified atom stereocenters. The van der Waals surface area contributed by atoms with Crippen LogP contribution < -0.4 is 10.6 Å². The molecule has 0 bridgehead atoms. The Hall–Kier alpha value is -1.30. The molecule has 3 amide bonds. The van der Waals surface area contributed by atoms with Crippen molar-refractivity contribution in [3.8, 4) is 0 Å². The zero-order chi connectivity index (χ0) is 15.8. The van der Waals surface area contributed by atoms with Crippen LogP contribution in [0, 0.1) is 0 Å². The van der Waals surface area contributed by atoms with Crippen molar-refractivity contribution in [1.29, 1.82) is 0 Å². The lowest BCUT2D eigenvalue weighted by Gasteiger charge is -2.34. The number of rotatable bonds is 6. The summed E-state index contributed by atoms with van der Waals surface area (Å²) in [5.74, 6) is 0.108. The van der Waals surface area contributed by atoms with E-state index in [-0.39, 0.29) is 18.0 Å². The first-order chi connectivity index (χ1) is 9.93. The average molecular weight is 298 g/mol. The summed E-state index contributed by atoms with van der Waals surface area (Å²) in [6.07, 6.45) is 3.37. The van der Waals surface area contributed by atoms with E-state index in [1.807, 2.05) is 11.8 Å². The van der Waals surface area contributed by atoms with Crippen LogP contribution >= 0.6 is 0 Å². The number of nitrogens with one attached hydrogen (secondary N) is 2. The summed E-state index contributed by atoms with van der Waals surface area (Å²) in [4.78, 5) is 27.0. The minimum absolute atomic E-state index is 0.0846. The molecule has 1 rings (SSSR count). The molecule has 1 heterocycles. The van der Waals surface area contributed by atoms with Crippen LogP contribution in [0.2, 0.25) is 0 Å². The zero-order valence-corrected chi connectivity index (χ0v) is 13.8. The van der Waals surface area contributed by atoms with E-state index in [0.29, 0.717) is 19.0 Å². The van der Waals surface area contributed by atoms with E-state index in [1.165, 1.54) is 0 Å². The molecule has 1 aliphatic rings. The molecule has 2 N–H and O–H groups in total. The van der Waals surface area contributed by atoms with Crippen molar-refractivity contribution in [2.75, 3.05) is 33.7 Å². The van der Waals surface area contributed by atoms with E-state index in [4.69, 9.17) is 0 Å². The van der Waals surface area contributed by atoms with Crippen molar-refractivity contribution in [2.24, 2.45) is 0 Å². The molecule has 0 radical (unpaired) electrons. The van der Waals surface area contributed by atoms with Crippen LogP contribution in [0.4, 0.5) is 4.79 Å². The minimum atomic E-state index is 0.0846. The van der Waals surface area contributed by atoms with Gasteiger partial charge in [0, 0.05) is 52.2 Å². The Labute approximate surface area is 128 Å². The van der Waals surface area contributed by atoms with Gasteiger partial charge in [0.25, 0.3) is 0 Å². The highest BCUT2D eigenvalue weighted by molar-refractivity contribution is 5.76. The third kappa shape index (κ3) is 6.33. The topological polar surface area (TPSA) is 64.7 Å². The lowest BCUT2D eigenvalue weighted by Crippen LogP contribution is -2.48. The zero-order valence-electron chi connectivity index (χ0n) is 13.8. The molecule has 1 atom stereocenters. The summed E-state index contributed by atoms with van der Waals surface area (Å²) in [5, 5.41) is 6.38. The second-order valence-electron chi connectivity index (χ2n) is 6.02. The second-order valence-corrected chi connectivity index (χ2v) is 6.02. The Bertz CT molecular complexity index is 339. The third-order valence-electron chi connectivity index (χ3n) is 3.95. The lowest BCUT2D eigenvalue weighted by molar-refractivity contribution is -0.121. The number of carbonyl (C=O) groups is 2. The molecule has 0 saturated carbocycles. The van der Waals surface area contributed by atoms with Crippen LogP contribution in [0.1, 0.15) is 39.5 Å². The number of hydrogen-bond donors (Lipinski definition) is 2. The molecular weight excluding hydrogens is 268 g/mol. The molecule has 6 heteroatoms. The van der Waals surface area contributed by atoms with Crippen LogP contribution in [0.3, 0.4) is 0 Å². The first-order valence-corrected chi connectivity index (χ1v) is 7.93. The summed E-state index contributed by atoms with van der Waals surface area (Å²) in [6, 6.07) is 0.742. The summed E-state index contributed by atoms with van der Waals surface area (Å²) in [7, 11) is 3.56. The maximum Gasteiger partial charge on any atom is 0.319 e. The molecular formula is C15H30N4O2. The molecule has 0 aromatic heterocycles. The summed E-state index contributed by atoms with van der Waals surface area (Å²) < 4.78 is 0. The van der Waals surface area contributed by atoms with Gasteiger partial charge in [0.15, 0.2) is 0 Å². The predicted octanol–water partition coefficient (Wildman–Crippen LogP) is 1.03. The normalized spacial score (nSPS) is 17.4. The minimum Gasteiger partial charge on any atom is -0.354 e. The number of carbonyl (C=O) groups excluding carboxylic acids is 2. The average Bonchev–Trinajstić information content (AvgIpc) is 2.46. The van der Waals surface area contributed by atoms with Gasteiger partial charge in [-0.05, 0) is 26.2 Å². The molecule has 0 aliphatic carbocycles. The first kappa shape index (κ1) is 17.8. The van der Waals surface area contributed by atoms with Gasteiger partial charge in [0.05, 0.1) is 0 Å². The predicted molar refractivity (Wildman–Crippen MR) is 84.2 cm³/mol. The Morgan fingerprint density at radius 3 is 2.43 bits per heavy atom. The van der Waals surface area contributed by atoms with Crippen molar-refractivity contribution in [3.05, 3.63) is 0 Å². The molecule has 1 saturated heterocycles. The Morgan fingerprint density at radius 2 is 1.90 bits per heavy atom. The fraction of sp³-hybridized carbons (Fsp3) is 0.867. The molecule has 0 aromatic rings. The van der Waals surface area contributed by atoms with Crippen molar-refractivity contribution in [3.63, 3.8) is 0 Å². The molecule has 6 nitrogen and oxygen atoms in total.